The number of aryl methyl sites for hydroxylation is 1. The van der Waals surface area contributed by atoms with Crippen molar-refractivity contribution in [3.8, 4) is 5.75 Å². The summed E-state index contributed by atoms with van der Waals surface area (Å²) >= 11 is 0. The van der Waals surface area contributed by atoms with Crippen LogP contribution in [0.25, 0.3) is 5.76 Å². The Kier molecular flexibility index (Phi) is 6.90. The van der Waals surface area contributed by atoms with Crippen molar-refractivity contribution in [2.75, 3.05) is 26.9 Å². The van der Waals surface area contributed by atoms with E-state index in [9.17, 15) is 14.7 Å². The number of carbonyl (C=O) groups is 2. The maximum atomic E-state index is 12.9. The zero-order valence-corrected chi connectivity index (χ0v) is 17.6. The molecule has 2 aromatic carbocycles. The number of rotatable bonds is 8. The second kappa shape index (κ2) is 9.59. The standard InChI is InChI=1S/C24H27NO5/c1-4-30-19-12-10-17(11-13-19)21-20(22(26)18-8-6-16(2)7-9-18)23(27)24(28)25(21)14-5-15-29-3/h6-13,21,26H,4-5,14-15H2,1-3H3/b22-20-. The van der Waals surface area contributed by atoms with Gasteiger partial charge in [0.15, 0.2) is 0 Å². The van der Waals surface area contributed by atoms with E-state index in [0.717, 1.165) is 11.1 Å². The largest absolute Gasteiger partial charge is 0.507 e. The van der Waals surface area contributed by atoms with Gasteiger partial charge in [-0.15, -0.1) is 0 Å². The summed E-state index contributed by atoms with van der Waals surface area (Å²) in [5, 5.41) is 11.0. The van der Waals surface area contributed by atoms with Crippen molar-refractivity contribution in [3.05, 3.63) is 70.8 Å². The first-order valence-corrected chi connectivity index (χ1v) is 10.0. The third kappa shape index (κ3) is 4.39. The van der Waals surface area contributed by atoms with Crippen molar-refractivity contribution >= 4 is 17.4 Å². The zero-order valence-electron chi connectivity index (χ0n) is 17.6. The van der Waals surface area contributed by atoms with Gasteiger partial charge in [-0.25, -0.2) is 0 Å². The van der Waals surface area contributed by atoms with Gasteiger partial charge in [-0.1, -0.05) is 42.0 Å². The van der Waals surface area contributed by atoms with Crippen LogP contribution >= 0.6 is 0 Å². The third-order valence-corrected chi connectivity index (χ3v) is 5.12. The fraction of sp³-hybridized carbons (Fsp3) is 0.333. The topological polar surface area (TPSA) is 76.1 Å². The van der Waals surface area contributed by atoms with Crippen molar-refractivity contribution < 1.29 is 24.2 Å². The lowest BCUT2D eigenvalue weighted by Crippen LogP contribution is -2.31. The van der Waals surface area contributed by atoms with Crippen LogP contribution in [-0.4, -0.2) is 48.6 Å². The van der Waals surface area contributed by atoms with Gasteiger partial charge < -0.3 is 19.5 Å². The lowest BCUT2D eigenvalue weighted by Gasteiger charge is -2.25. The molecule has 0 aliphatic carbocycles. The normalized spacial score (nSPS) is 18.1. The summed E-state index contributed by atoms with van der Waals surface area (Å²) in [5.74, 6) is -0.749. The highest BCUT2D eigenvalue weighted by Crippen LogP contribution is 2.39. The van der Waals surface area contributed by atoms with E-state index in [1.165, 1.54) is 4.90 Å². The number of Topliss-reactive ketones (excluding diaryl/α,β-unsaturated/α-hetero) is 1. The summed E-state index contributed by atoms with van der Waals surface area (Å²) in [7, 11) is 1.59. The molecule has 1 aliphatic rings. The molecule has 30 heavy (non-hydrogen) atoms. The molecule has 1 N–H and O–H groups in total. The van der Waals surface area contributed by atoms with Gasteiger partial charge in [0.25, 0.3) is 11.7 Å². The smallest absolute Gasteiger partial charge is 0.295 e. The number of hydrogen-bond donors (Lipinski definition) is 1. The minimum Gasteiger partial charge on any atom is -0.507 e. The Labute approximate surface area is 176 Å². The minimum atomic E-state index is -0.677. The fourth-order valence-corrected chi connectivity index (χ4v) is 3.62. The van der Waals surface area contributed by atoms with E-state index in [1.807, 2.05) is 38.1 Å². The summed E-state index contributed by atoms with van der Waals surface area (Å²) in [5.41, 5.74) is 2.38. The molecule has 1 heterocycles. The van der Waals surface area contributed by atoms with Crippen molar-refractivity contribution in [3.63, 3.8) is 0 Å². The fourth-order valence-electron chi connectivity index (χ4n) is 3.62. The van der Waals surface area contributed by atoms with Gasteiger partial charge in [0.1, 0.15) is 11.5 Å². The predicted octanol–water partition coefficient (Wildman–Crippen LogP) is 3.85. The number of ketones is 1. The van der Waals surface area contributed by atoms with Gasteiger partial charge in [0, 0.05) is 25.8 Å². The Morgan fingerprint density at radius 3 is 2.33 bits per heavy atom. The molecule has 1 amide bonds. The Morgan fingerprint density at radius 1 is 1.07 bits per heavy atom. The van der Waals surface area contributed by atoms with Crippen LogP contribution in [0.2, 0.25) is 0 Å². The SMILES string of the molecule is CCOc1ccc(C2/C(=C(/O)c3ccc(C)cc3)C(=O)C(=O)N2CCCOC)cc1. The van der Waals surface area contributed by atoms with Crippen LogP contribution in [-0.2, 0) is 14.3 Å². The number of ether oxygens (including phenoxy) is 2. The Balaban J connectivity index is 2.07. The number of nitrogens with zero attached hydrogens (tertiary/aromatic N) is 1. The van der Waals surface area contributed by atoms with Gasteiger partial charge in [-0.05, 0) is 38.0 Å². The Hall–Kier alpha value is -3.12. The summed E-state index contributed by atoms with van der Waals surface area (Å²) in [6.07, 6.45) is 0.585. The highest BCUT2D eigenvalue weighted by molar-refractivity contribution is 6.46. The molecule has 6 nitrogen and oxygen atoms in total. The molecule has 0 bridgehead atoms. The molecule has 1 unspecified atom stereocenters. The van der Waals surface area contributed by atoms with E-state index in [0.29, 0.717) is 37.5 Å². The first-order valence-electron chi connectivity index (χ1n) is 10.0. The Morgan fingerprint density at radius 2 is 1.73 bits per heavy atom. The predicted molar refractivity (Wildman–Crippen MR) is 114 cm³/mol. The van der Waals surface area contributed by atoms with E-state index < -0.39 is 17.7 Å². The monoisotopic (exact) mass is 409 g/mol. The molecule has 0 radical (unpaired) electrons. The number of likely N-dealkylation sites (tertiary alicyclic amines) is 1. The van der Waals surface area contributed by atoms with Crippen LogP contribution in [0.5, 0.6) is 5.75 Å². The molecule has 3 rings (SSSR count). The van der Waals surface area contributed by atoms with Gasteiger partial charge in [0.2, 0.25) is 0 Å². The van der Waals surface area contributed by atoms with Crippen LogP contribution in [0.15, 0.2) is 54.1 Å². The van der Waals surface area contributed by atoms with Crippen molar-refractivity contribution in [1.29, 1.82) is 0 Å². The molecular weight excluding hydrogens is 382 g/mol. The van der Waals surface area contributed by atoms with E-state index in [-0.39, 0.29) is 11.3 Å². The van der Waals surface area contributed by atoms with E-state index in [2.05, 4.69) is 0 Å². The average molecular weight is 409 g/mol. The van der Waals surface area contributed by atoms with Gasteiger partial charge in [-0.2, -0.15) is 0 Å². The van der Waals surface area contributed by atoms with Crippen LogP contribution in [0.1, 0.15) is 36.1 Å². The molecule has 158 valence electrons. The maximum absolute atomic E-state index is 12.9. The Bertz CT molecular complexity index is 931. The number of aliphatic hydroxyl groups excluding tert-OH is 1. The molecule has 2 aromatic rings. The lowest BCUT2D eigenvalue weighted by atomic mass is 9.95. The maximum Gasteiger partial charge on any atom is 0.295 e. The summed E-state index contributed by atoms with van der Waals surface area (Å²) < 4.78 is 10.6. The number of methoxy groups -OCH3 is 1. The van der Waals surface area contributed by atoms with E-state index in [4.69, 9.17) is 9.47 Å². The first kappa shape index (κ1) is 21.6. The van der Waals surface area contributed by atoms with Gasteiger partial charge in [-0.3, -0.25) is 9.59 Å². The second-order valence-corrected chi connectivity index (χ2v) is 7.21. The average Bonchev–Trinajstić information content (AvgIpc) is 3.00. The number of aliphatic hydroxyl groups is 1. The van der Waals surface area contributed by atoms with Crippen LogP contribution in [0, 0.1) is 6.92 Å². The highest BCUT2D eigenvalue weighted by Gasteiger charge is 2.45. The molecule has 1 aliphatic heterocycles. The summed E-state index contributed by atoms with van der Waals surface area (Å²) in [6.45, 7) is 5.21. The quantitative estimate of drug-likeness (QED) is 0.310. The second-order valence-electron chi connectivity index (χ2n) is 7.21. The van der Waals surface area contributed by atoms with Crippen LogP contribution in [0.3, 0.4) is 0 Å². The third-order valence-electron chi connectivity index (χ3n) is 5.12. The first-order chi connectivity index (χ1) is 14.5. The molecule has 1 atom stereocenters. The van der Waals surface area contributed by atoms with Crippen molar-refractivity contribution in [2.24, 2.45) is 0 Å². The van der Waals surface area contributed by atoms with E-state index in [1.54, 1.807) is 31.4 Å². The molecule has 1 fully saturated rings. The van der Waals surface area contributed by atoms with Crippen molar-refractivity contribution in [2.45, 2.75) is 26.3 Å². The summed E-state index contributed by atoms with van der Waals surface area (Å²) in [6, 6.07) is 13.8. The van der Waals surface area contributed by atoms with Gasteiger partial charge in [0.05, 0.1) is 18.2 Å². The van der Waals surface area contributed by atoms with Gasteiger partial charge >= 0.3 is 0 Å². The molecule has 0 saturated carbocycles. The minimum absolute atomic E-state index is 0.102. The van der Waals surface area contributed by atoms with E-state index >= 15 is 0 Å². The van der Waals surface area contributed by atoms with Crippen LogP contribution < -0.4 is 4.74 Å². The number of hydrogen-bond acceptors (Lipinski definition) is 5. The zero-order chi connectivity index (χ0) is 21.7. The molecule has 0 aromatic heterocycles. The molecule has 0 spiro atoms. The van der Waals surface area contributed by atoms with Crippen LogP contribution in [0.4, 0.5) is 0 Å². The summed E-state index contributed by atoms with van der Waals surface area (Å²) in [4.78, 5) is 27.2. The molecular formula is C24H27NO5. The lowest BCUT2D eigenvalue weighted by molar-refractivity contribution is -0.140. The number of carbonyl (C=O) groups excluding carboxylic acids is 2. The van der Waals surface area contributed by atoms with Crippen molar-refractivity contribution in [1.82, 2.24) is 4.90 Å². The number of benzene rings is 2. The highest BCUT2D eigenvalue weighted by atomic mass is 16.5. The molecule has 6 heteroatoms. The number of amides is 1. The molecule has 1 saturated heterocycles.